The molecule has 1 aromatic rings. The van der Waals surface area contributed by atoms with Gasteiger partial charge in [0.2, 0.25) is 17.1 Å². The lowest BCUT2D eigenvalue weighted by Crippen LogP contribution is -2.59. The molecule has 2 heterocycles. The predicted octanol–water partition coefficient (Wildman–Crippen LogP) is 5.28. The molecule has 0 aromatic heterocycles. The summed E-state index contributed by atoms with van der Waals surface area (Å²) < 4.78 is 12.4. The average molecular weight is 429 g/mol. The minimum Gasteiger partial charge on any atom is -0.447 e. The maximum absolute atomic E-state index is 10.3. The molecule has 1 saturated carbocycles. The maximum atomic E-state index is 10.3. The van der Waals surface area contributed by atoms with Crippen LogP contribution in [0.2, 0.25) is 10.0 Å². The van der Waals surface area contributed by atoms with Gasteiger partial charge in [-0.15, -0.1) is 0 Å². The number of hydrogen-bond acceptors (Lipinski definition) is 6. The third-order valence-corrected chi connectivity index (χ3v) is 7.30. The van der Waals surface area contributed by atoms with E-state index in [9.17, 15) is 15.8 Å². The van der Waals surface area contributed by atoms with Crippen molar-refractivity contribution in [3.8, 4) is 18.2 Å². The normalized spacial score (nSPS) is 35.1. The minimum atomic E-state index is -1.96. The summed E-state index contributed by atoms with van der Waals surface area (Å²) in [6.07, 6.45) is 3.55. The Kier molecular flexibility index (Phi) is 4.75. The van der Waals surface area contributed by atoms with Crippen molar-refractivity contribution < 1.29 is 9.47 Å². The van der Waals surface area contributed by atoms with Gasteiger partial charge >= 0.3 is 0 Å². The van der Waals surface area contributed by atoms with Crippen molar-refractivity contribution in [3.63, 3.8) is 0 Å². The van der Waals surface area contributed by atoms with Gasteiger partial charge in [-0.3, -0.25) is 5.41 Å². The van der Waals surface area contributed by atoms with Crippen molar-refractivity contribution in [3.05, 3.63) is 33.8 Å². The van der Waals surface area contributed by atoms with Gasteiger partial charge < -0.3 is 9.47 Å². The summed E-state index contributed by atoms with van der Waals surface area (Å²) in [6.45, 7) is 0. The molecule has 8 heteroatoms. The second-order valence-corrected chi connectivity index (χ2v) is 8.69. The first-order valence-corrected chi connectivity index (χ1v) is 10.3. The molecule has 1 aliphatic carbocycles. The van der Waals surface area contributed by atoms with Crippen molar-refractivity contribution in [2.75, 3.05) is 0 Å². The number of rotatable bonds is 1. The highest BCUT2D eigenvalue weighted by Gasteiger charge is 2.80. The number of hydrogen-bond donors (Lipinski definition) is 1. The first-order valence-electron chi connectivity index (χ1n) is 9.55. The Bertz CT molecular complexity index is 993. The van der Waals surface area contributed by atoms with E-state index in [1.807, 2.05) is 0 Å². The molecule has 4 unspecified atom stereocenters. The van der Waals surface area contributed by atoms with E-state index in [1.54, 1.807) is 18.2 Å². The zero-order valence-corrected chi connectivity index (χ0v) is 17.1. The summed E-state index contributed by atoms with van der Waals surface area (Å²) >= 11 is 12.2. The minimum absolute atomic E-state index is 0.254. The van der Waals surface area contributed by atoms with Crippen LogP contribution < -0.4 is 0 Å². The fourth-order valence-corrected chi connectivity index (χ4v) is 5.50. The summed E-state index contributed by atoms with van der Waals surface area (Å²) in [5.74, 6) is -2.12. The molecule has 3 fully saturated rings. The molecular weight excluding hydrogens is 411 g/mol. The second kappa shape index (κ2) is 6.89. The third kappa shape index (κ3) is 2.45. The van der Waals surface area contributed by atoms with Gasteiger partial charge in [0, 0.05) is 6.42 Å². The van der Waals surface area contributed by atoms with Gasteiger partial charge in [0.1, 0.15) is 6.10 Å². The maximum Gasteiger partial charge on any atom is 0.217 e. The van der Waals surface area contributed by atoms with Gasteiger partial charge in [-0.2, -0.15) is 15.8 Å². The first-order chi connectivity index (χ1) is 13.9. The smallest absolute Gasteiger partial charge is 0.217 e. The van der Waals surface area contributed by atoms with Crippen molar-refractivity contribution in [2.45, 2.75) is 50.4 Å². The monoisotopic (exact) mass is 428 g/mol. The van der Waals surface area contributed by atoms with Crippen molar-refractivity contribution in [1.82, 2.24) is 0 Å². The Morgan fingerprint density at radius 1 is 1.00 bits per heavy atom. The highest BCUT2D eigenvalue weighted by Crippen LogP contribution is 2.68. The van der Waals surface area contributed by atoms with Crippen molar-refractivity contribution in [1.29, 1.82) is 21.2 Å². The number of halogens is 2. The van der Waals surface area contributed by atoms with Crippen LogP contribution in [0.15, 0.2) is 18.2 Å². The van der Waals surface area contributed by atoms with Gasteiger partial charge in [0.15, 0.2) is 5.41 Å². The highest BCUT2D eigenvalue weighted by atomic mass is 35.5. The fraction of sp³-hybridized carbons (Fsp3) is 0.524. The number of nitrogens with one attached hydrogen (secondary N) is 1. The lowest BCUT2D eigenvalue weighted by atomic mass is 9.52. The molecule has 29 heavy (non-hydrogen) atoms. The van der Waals surface area contributed by atoms with E-state index in [1.165, 1.54) is 0 Å². The van der Waals surface area contributed by atoms with Gasteiger partial charge in [-0.1, -0.05) is 48.5 Å². The van der Waals surface area contributed by atoms with Crippen LogP contribution in [0.4, 0.5) is 0 Å². The Morgan fingerprint density at radius 3 is 2.38 bits per heavy atom. The molecule has 0 spiro atoms. The molecule has 2 saturated heterocycles. The zero-order valence-electron chi connectivity index (χ0n) is 15.5. The van der Waals surface area contributed by atoms with Crippen LogP contribution in [-0.4, -0.2) is 11.7 Å². The number of ether oxygens (including phenoxy) is 2. The fourth-order valence-electron chi connectivity index (χ4n) is 5.19. The number of nitrogens with zero attached hydrogens (tertiary/aromatic N) is 3. The molecule has 0 radical (unpaired) electrons. The first kappa shape index (κ1) is 20.0. The summed E-state index contributed by atoms with van der Waals surface area (Å²) in [6, 6.07) is 11.1. The lowest BCUT2D eigenvalue weighted by molar-refractivity contribution is -0.289. The third-order valence-electron chi connectivity index (χ3n) is 6.56. The SMILES string of the molecule is N#CC1(C#N)C(c2ccc(Cl)c(Cl)c2)OC23CCCCCCC2C1(C#N)C(=N)O3. The second-order valence-electron chi connectivity index (χ2n) is 7.87. The molecule has 6 nitrogen and oxygen atoms in total. The molecule has 1 N–H and O–H groups in total. The molecule has 4 rings (SSSR count). The summed E-state index contributed by atoms with van der Waals surface area (Å²) in [7, 11) is 0. The van der Waals surface area contributed by atoms with Crippen molar-refractivity contribution >= 4 is 29.1 Å². The predicted molar refractivity (Wildman–Crippen MR) is 105 cm³/mol. The van der Waals surface area contributed by atoms with E-state index in [0.717, 1.165) is 25.7 Å². The van der Waals surface area contributed by atoms with Crippen LogP contribution in [0.25, 0.3) is 0 Å². The molecule has 148 valence electrons. The Labute approximate surface area is 179 Å². The highest BCUT2D eigenvalue weighted by molar-refractivity contribution is 6.42. The molecule has 0 amide bonds. The topological polar surface area (TPSA) is 114 Å². The quantitative estimate of drug-likeness (QED) is 0.652. The molecule has 1 aromatic carbocycles. The average Bonchev–Trinajstić information content (AvgIpc) is 2.87. The van der Waals surface area contributed by atoms with E-state index in [4.69, 9.17) is 38.1 Å². The summed E-state index contributed by atoms with van der Waals surface area (Å²) in [5.41, 5.74) is -3.22. The van der Waals surface area contributed by atoms with E-state index >= 15 is 0 Å². The summed E-state index contributed by atoms with van der Waals surface area (Å²) in [5, 5.41) is 39.9. The van der Waals surface area contributed by atoms with Gasteiger partial charge in [0.25, 0.3) is 0 Å². The van der Waals surface area contributed by atoms with Crippen LogP contribution in [0, 0.1) is 56.2 Å². The molecule has 2 aliphatic heterocycles. The van der Waals surface area contributed by atoms with Crippen LogP contribution in [0.3, 0.4) is 0 Å². The van der Waals surface area contributed by atoms with Gasteiger partial charge in [0.05, 0.1) is 34.2 Å². The molecule has 3 aliphatic rings. The molecular formula is C21H18Cl2N4O2. The van der Waals surface area contributed by atoms with E-state index in [-0.39, 0.29) is 10.9 Å². The van der Waals surface area contributed by atoms with Crippen LogP contribution in [-0.2, 0) is 9.47 Å². The van der Waals surface area contributed by atoms with E-state index in [0.29, 0.717) is 23.4 Å². The Hall–Kier alpha value is -2.30. The van der Waals surface area contributed by atoms with Gasteiger partial charge in [-0.25, -0.2) is 0 Å². The lowest BCUT2D eigenvalue weighted by Gasteiger charge is -2.50. The Balaban J connectivity index is 1.98. The van der Waals surface area contributed by atoms with Crippen LogP contribution in [0.5, 0.6) is 0 Å². The Morgan fingerprint density at radius 2 is 1.72 bits per heavy atom. The zero-order chi connectivity index (χ0) is 20.9. The summed E-state index contributed by atoms with van der Waals surface area (Å²) in [4.78, 5) is 0. The standard InChI is InChI=1S/C21H18Cl2N4O2/c22-14-7-6-13(9-15(14)23)17-19(10-24,11-25)20(12-26)16-5-3-1-2-4-8-21(16,28-17)29-18(20)27/h6-7,9,16-17,27H,1-5,8H2. The number of nitriles is 3. The number of benzene rings is 1. The largest absolute Gasteiger partial charge is 0.447 e. The van der Waals surface area contributed by atoms with Gasteiger partial charge in [-0.05, 0) is 30.5 Å². The van der Waals surface area contributed by atoms with Crippen molar-refractivity contribution in [2.24, 2.45) is 16.7 Å². The molecule has 2 bridgehead atoms. The van der Waals surface area contributed by atoms with E-state index in [2.05, 4.69) is 18.2 Å². The van der Waals surface area contributed by atoms with E-state index < -0.39 is 28.6 Å². The van der Waals surface area contributed by atoms with Crippen LogP contribution >= 0.6 is 23.2 Å². The molecule has 4 atom stereocenters. The van der Waals surface area contributed by atoms with Crippen LogP contribution in [0.1, 0.15) is 50.2 Å².